The van der Waals surface area contributed by atoms with Crippen molar-refractivity contribution in [3.05, 3.63) is 71.3 Å². The number of aromatic amines is 1. The molecule has 0 radical (unpaired) electrons. The summed E-state index contributed by atoms with van der Waals surface area (Å²) in [6.07, 6.45) is 10.3. The number of fused-ring (bicyclic) bond motifs is 4. The van der Waals surface area contributed by atoms with Gasteiger partial charge in [0.1, 0.15) is 41.6 Å². The summed E-state index contributed by atoms with van der Waals surface area (Å²) in [5.41, 5.74) is 7.00. The molecule has 6 aromatic rings. The third-order valence-corrected chi connectivity index (χ3v) is 14.1. The number of halogens is 1. The lowest BCUT2D eigenvalue weighted by atomic mass is 9.88. The highest BCUT2D eigenvalue weighted by Gasteiger charge is 2.41. The topological polar surface area (TPSA) is 148 Å². The van der Waals surface area contributed by atoms with Crippen molar-refractivity contribution >= 4 is 33.5 Å². The highest BCUT2D eigenvalue weighted by atomic mass is 19.1. The summed E-state index contributed by atoms with van der Waals surface area (Å²) in [4.78, 5) is 28.6. The summed E-state index contributed by atoms with van der Waals surface area (Å²) in [5.74, 6) is 1.54. The number of piperazine rings is 1. The van der Waals surface area contributed by atoms with Crippen LogP contribution in [0.1, 0.15) is 94.4 Å². The van der Waals surface area contributed by atoms with Crippen LogP contribution in [0.4, 0.5) is 10.2 Å². The zero-order chi connectivity index (χ0) is 42.9. The number of benzene rings is 3. The molecule has 1 amide bonds. The van der Waals surface area contributed by atoms with Crippen LogP contribution in [-0.2, 0) is 16.1 Å². The Morgan fingerprint density at radius 1 is 1.03 bits per heavy atom. The van der Waals surface area contributed by atoms with Crippen molar-refractivity contribution in [1.29, 1.82) is 0 Å². The average Bonchev–Trinajstić information content (AvgIpc) is 3.81. The van der Waals surface area contributed by atoms with Crippen molar-refractivity contribution in [2.45, 2.75) is 115 Å². The normalized spacial score (nSPS) is 22.0. The molecule has 4 unspecified atom stereocenters. The van der Waals surface area contributed by atoms with Gasteiger partial charge in [0, 0.05) is 78.1 Å². The van der Waals surface area contributed by atoms with Crippen LogP contribution in [0.2, 0.25) is 0 Å². The van der Waals surface area contributed by atoms with E-state index in [1.165, 1.54) is 6.07 Å². The van der Waals surface area contributed by atoms with E-state index >= 15 is 4.39 Å². The molecular formula is C48H55FN10O4. The third kappa shape index (κ3) is 7.36. The maximum Gasteiger partial charge on any atom is 0.319 e. The van der Waals surface area contributed by atoms with Crippen molar-refractivity contribution in [2.75, 3.05) is 37.7 Å². The van der Waals surface area contributed by atoms with E-state index in [4.69, 9.17) is 24.2 Å². The van der Waals surface area contributed by atoms with Gasteiger partial charge in [0.25, 0.3) is 0 Å². The molecule has 2 bridgehead atoms. The largest absolute Gasteiger partial charge is 0.486 e. The molecule has 4 saturated heterocycles. The molecule has 3 aromatic carbocycles. The fourth-order valence-corrected chi connectivity index (χ4v) is 10.5. The van der Waals surface area contributed by atoms with Crippen molar-refractivity contribution in [3.63, 3.8) is 0 Å². The number of carbonyl (C=O) groups is 1. The maximum atomic E-state index is 16.0. The Labute approximate surface area is 365 Å². The van der Waals surface area contributed by atoms with Crippen molar-refractivity contribution in [3.8, 4) is 34.1 Å². The van der Waals surface area contributed by atoms with Gasteiger partial charge in [0.15, 0.2) is 5.75 Å². The van der Waals surface area contributed by atoms with E-state index in [-0.39, 0.29) is 42.3 Å². The molecule has 4 aliphatic heterocycles. The van der Waals surface area contributed by atoms with E-state index < -0.39 is 6.04 Å². The highest BCUT2D eigenvalue weighted by molar-refractivity contribution is 6.06. The number of ether oxygens (including phenoxy) is 3. The summed E-state index contributed by atoms with van der Waals surface area (Å²) in [7, 11) is 0. The van der Waals surface area contributed by atoms with Crippen LogP contribution in [0.15, 0.2) is 48.8 Å². The maximum absolute atomic E-state index is 16.0. The molecule has 5 fully saturated rings. The quantitative estimate of drug-likeness (QED) is 0.125. The Kier molecular flexibility index (Phi) is 10.3. The zero-order valence-corrected chi connectivity index (χ0v) is 36.4. The van der Waals surface area contributed by atoms with Gasteiger partial charge >= 0.3 is 6.01 Å². The first-order valence-corrected chi connectivity index (χ1v) is 22.9. The fourth-order valence-electron chi connectivity index (χ4n) is 10.5. The number of amides is 1. The van der Waals surface area contributed by atoms with Crippen LogP contribution in [-0.4, -0.2) is 103 Å². The van der Waals surface area contributed by atoms with Crippen molar-refractivity contribution < 1.29 is 23.4 Å². The Morgan fingerprint density at radius 3 is 2.57 bits per heavy atom. The second-order valence-corrected chi connectivity index (χ2v) is 18.7. The van der Waals surface area contributed by atoms with Gasteiger partial charge in [0.2, 0.25) is 5.91 Å². The Bertz CT molecular complexity index is 2690. The van der Waals surface area contributed by atoms with E-state index in [9.17, 15) is 4.79 Å². The first kappa shape index (κ1) is 40.1. The van der Waals surface area contributed by atoms with Gasteiger partial charge in [-0.3, -0.25) is 9.89 Å². The Morgan fingerprint density at radius 2 is 1.86 bits per heavy atom. The number of H-pyrrole nitrogens is 1. The van der Waals surface area contributed by atoms with Gasteiger partial charge in [0.05, 0.1) is 31.1 Å². The van der Waals surface area contributed by atoms with Gasteiger partial charge in [-0.15, -0.1) is 5.10 Å². The summed E-state index contributed by atoms with van der Waals surface area (Å²) in [6, 6.07) is 12.7. The molecule has 5 aliphatic rings. The summed E-state index contributed by atoms with van der Waals surface area (Å²) < 4.78 is 37.1. The van der Waals surface area contributed by atoms with Crippen LogP contribution in [0.25, 0.3) is 44.2 Å². The molecule has 0 spiro atoms. The van der Waals surface area contributed by atoms with Gasteiger partial charge in [-0.2, -0.15) is 15.1 Å². The van der Waals surface area contributed by atoms with Gasteiger partial charge in [-0.25, -0.2) is 9.07 Å². The molecule has 1 aliphatic carbocycles. The SMILES string of the molecule is Cc1c(F)cc2[nH]ncc2c1-c1c(C2CC2)cc2c(N3CC4CC3CN4)nc(OC3CCOCC3)nc2c1OCc1ccc(-c2cn(C(C(=O)N3CCCC3C)C(C)C)nn2)cc1. The highest BCUT2D eigenvalue weighted by Crippen LogP contribution is 2.53. The number of nitrogens with zero attached hydrogens (tertiary/aromatic N) is 8. The molecule has 4 atom stereocenters. The number of rotatable bonds is 12. The number of aromatic nitrogens is 7. The predicted octanol–water partition coefficient (Wildman–Crippen LogP) is 7.65. The molecule has 7 heterocycles. The minimum Gasteiger partial charge on any atom is -0.486 e. The van der Waals surface area contributed by atoms with Crippen LogP contribution in [0, 0.1) is 18.7 Å². The first-order valence-electron chi connectivity index (χ1n) is 22.9. The number of carbonyl (C=O) groups excluding carboxylic acids is 1. The second-order valence-electron chi connectivity index (χ2n) is 18.7. The third-order valence-electron chi connectivity index (χ3n) is 14.1. The summed E-state index contributed by atoms with van der Waals surface area (Å²) >= 11 is 0. The predicted molar refractivity (Wildman–Crippen MR) is 237 cm³/mol. The Hall–Kier alpha value is -5.67. The van der Waals surface area contributed by atoms with E-state index in [2.05, 4.69) is 57.6 Å². The van der Waals surface area contributed by atoms with Crippen LogP contribution >= 0.6 is 0 Å². The molecule has 328 valence electrons. The number of likely N-dealkylation sites (tertiary alicyclic amines) is 1. The smallest absolute Gasteiger partial charge is 0.319 e. The molecule has 1 saturated carbocycles. The van der Waals surface area contributed by atoms with Gasteiger partial charge in [-0.1, -0.05) is 43.3 Å². The monoisotopic (exact) mass is 854 g/mol. The molecule has 11 rings (SSSR count). The molecule has 15 heteroatoms. The van der Waals surface area contributed by atoms with Gasteiger partial charge < -0.3 is 29.3 Å². The number of anilines is 1. The number of nitrogens with one attached hydrogen (secondary N) is 2. The van der Waals surface area contributed by atoms with E-state index in [1.54, 1.807) is 10.9 Å². The number of hydrogen-bond acceptors (Lipinski definition) is 11. The molecule has 2 N–H and O–H groups in total. The first-order chi connectivity index (χ1) is 30.7. The lowest BCUT2D eigenvalue weighted by Gasteiger charge is -2.31. The van der Waals surface area contributed by atoms with Crippen molar-refractivity contribution in [2.24, 2.45) is 5.92 Å². The lowest BCUT2D eigenvalue weighted by Crippen LogP contribution is -2.44. The standard InChI is InChI=1S/C48H55FN10O4/c1-26(2)44(47(60)57-15-5-6-27(57)3)59-24-40(55-56-59)31-9-7-29(8-10-31)25-62-45-42(41-28(4)38(49)20-39-37(41)22-51-54-39)35(30-11-12-30)19-36-43(45)52-48(63-34-13-16-61-17-14-34)53-46(36)58-23-32-18-33(58)21-50-32/h7-10,19-20,22,24,26-27,30,32-34,44,50H,5-6,11-18,21,23,25H2,1-4H3,(H,51,54). The van der Waals surface area contributed by atoms with Crippen LogP contribution in [0.3, 0.4) is 0 Å². The summed E-state index contributed by atoms with van der Waals surface area (Å²) in [6.45, 7) is 12.1. The average molecular weight is 855 g/mol. The lowest BCUT2D eigenvalue weighted by molar-refractivity contribution is -0.137. The molecular weight excluding hydrogens is 800 g/mol. The Balaban J connectivity index is 0.997. The zero-order valence-electron chi connectivity index (χ0n) is 36.4. The number of hydrogen-bond donors (Lipinski definition) is 2. The minimum atomic E-state index is -0.427. The van der Waals surface area contributed by atoms with Gasteiger partial charge in [-0.05, 0) is 86.6 Å². The van der Waals surface area contributed by atoms with E-state index in [1.807, 2.05) is 42.3 Å². The van der Waals surface area contributed by atoms with E-state index in [0.29, 0.717) is 59.3 Å². The molecule has 63 heavy (non-hydrogen) atoms. The molecule has 14 nitrogen and oxygen atoms in total. The molecule has 3 aromatic heterocycles. The minimum absolute atomic E-state index is 0.0490. The second kappa shape index (κ2) is 16.2. The van der Waals surface area contributed by atoms with Crippen LogP contribution < -0.4 is 19.7 Å². The summed E-state index contributed by atoms with van der Waals surface area (Å²) in [5, 5.41) is 21.8. The van der Waals surface area contributed by atoms with Crippen LogP contribution in [0.5, 0.6) is 11.8 Å². The fraction of sp³-hybridized carbons (Fsp3) is 0.500. The van der Waals surface area contributed by atoms with Crippen molar-refractivity contribution in [1.82, 2.24) is 45.4 Å². The van der Waals surface area contributed by atoms with E-state index in [0.717, 1.165) is 109 Å².